The van der Waals surface area contributed by atoms with Crippen molar-refractivity contribution in [1.29, 1.82) is 0 Å². The van der Waals surface area contributed by atoms with Gasteiger partial charge in [0.15, 0.2) is 4.32 Å². The number of nitro groups is 1. The van der Waals surface area contributed by atoms with Gasteiger partial charge in [0.25, 0.3) is 5.91 Å². The highest BCUT2D eigenvalue weighted by atomic mass is 32.2. The molecule has 0 aliphatic carbocycles. The molecule has 1 aromatic carbocycles. The van der Waals surface area contributed by atoms with Gasteiger partial charge in [-0.05, 0) is 24.4 Å². The molecule has 1 amide bonds. The molecular formula is C15H8FN3O4S2. The van der Waals surface area contributed by atoms with Crippen molar-refractivity contribution < 1.29 is 18.5 Å². The molecular weight excluding hydrogens is 369 g/mol. The maximum atomic E-state index is 13.6. The largest absolute Gasteiger partial charge is 0.433 e. The highest BCUT2D eigenvalue weighted by Gasteiger charge is 2.32. The molecule has 2 heterocycles. The molecule has 0 bridgehead atoms. The van der Waals surface area contributed by atoms with Crippen molar-refractivity contribution in [3.05, 3.63) is 68.6 Å². The fourth-order valence-corrected chi connectivity index (χ4v) is 3.06. The van der Waals surface area contributed by atoms with Gasteiger partial charge in [-0.1, -0.05) is 30.0 Å². The Hall–Kier alpha value is -2.85. The van der Waals surface area contributed by atoms with E-state index < -0.39 is 22.5 Å². The number of thioether (sulfide) groups is 1. The molecule has 7 nitrogen and oxygen atoms in total. The lowest BCUT2D eigenvalue weighted by Gasteiger charge is -2.06. The normalized spacial score (nSPS) is 16.4. The monoisotopic (exact) mass is 377 g/mol. The zero-order valence-electron chi connectivity index (χ0n) is 12.3. The summed E-state index contributed by atoms with van der Waals surface area (Å²) in [6.45, 7) is 0. The summed E-state index contributed by atoms with van der Waals surface area (Å²) in [4.78, 5) is 22.5. The van der Waals surface area contributed by atoms with Crippen LogP contribution < -0.4 is 0 Å². The highest BCUT2D eigenvalue weighted by molar-refractivity contribution is 8.26. The number of benzene rings is 1. The molecule has 3 rings (SSSR count). The Balaban J connectivity index is 1.81. The van der Waals surface area contributed by atoms with E-state index in [0.29, 0.717) is 0 Å². The lowest BCUT2D eigenvalue weighted by molar-refractivity contribution is -0.402. The lowest BCUT2D eigenvalue weighted by Crippen LogP contribution is -2.22. The number of amides is 1. The topological polar surface area (TPSA) is 88.9 Å². The van der Waals surface area contributed by atoms with E-state index in [1.54, 1.807) is 6.07 Å². The van der Waals surface area contributed by atoms with Crippen LogP contribution in [0.5, 0.6) is 0 Å². The molecule has 0 atom stereocenters. The molecule has 2 aromatic rings. The molecule has 0 unspecified atom stereocenters. The fraction of sp³-hybridized carbons (Fsp3) is 0. The van der Waals surface area contributed by atoms with E-state index in [9.17, 15) is 19.3 Å². The number of hydrogen-bond acceptors (Lipinski definition) is 7. The molecule has 0 N–H and O–H groups in total. The van der Waals surface area contributed by atoms with Crippen molar-refractivity contribution in [3.8, 4) is 0 Å². The van der Waals surface area contributed by atoms with Gasteiger partial charge in [-0.3, -0.25) is 14.9 Å². The van der Waals surface area contributed by atoms with Crippen molar-refractivity contribution in [2.45, 2.75) is 0 Å². The predicted octanol–water partition coefficient (Wildman–Crippen LogP) is 3.56. The van der Waals surface area contributed by atoms with E-state index >= 15 is 0 Å². The molecule has 1 aliphatic heterocycles. The SMILES string of the molecule is O=C1/C(=C\c2ccc([N+](=O)[O-])o2)SC(=S)N1/N=C/c1ccccc1F. The number of rotatable bonds is 4. The van der Waals surface area contributed by atoms with Crippen LogP contribution in [0, 0.1) is 15.9 Å². The lowest BCUT2D eigenvalue weighted by atomic mass is 10.2. The summed E-state index contributed by atoms with van der Waals surface area (Å²) >= 11 is 6.05. The van der Waals surface area contributed by atoms with E-state index in [-0.39, 0.29) is 20.5 Å². The molecule has 1 aromatic heterocycles. The van der Waals surface area contributed by atoms with E-state index in [1.165, 1.54) is 42.6 Å². The zero-order chi connectivity index (χ0) is 18.0. The van der Waals surface area contributed by atoms with Crippen LogP contribution in [-0.4, -0.2) is 26.4 Å². The maximum Gasteiger partial charge on any atom is 0.433 e. The van der Waals surface area contributed by atoms with Gasteiger partial charge in [0.2, 0.25) is 0 Å². The Morgan fingerprint density at radius 2 is 2.08 bits per heavy atom. The van der Waals surface area contributed by atoms with Gasteiger partial charge in [0.1, 0.15) is 16.5 Å². The van der Waals surface area contributed by atoms with Gasteiger partial charge in [0.05, 0.1) is 17.2 Å². The van der Waals surface area contributed by atoms with Crippen LogP contribution >= 0.6 is 24.0 Å². The number of thiocarbonyl (C=S) groups is 1. The molecule has 1 fully saturated rings. The molecule has 0 radical (unpaired) electrons. The van der Waals surface area contributed by atoms with Crippen LogP contribution in [0.2, 0.25) is 0 Å². The fourth-order valence-electron chi connectivity index (χ4n) is 1.91. The molecule has 0 spiro atoms. The number of hydrogen-bond donors (Lipinski definition) is 0. The quantitative estimate of drug-likeness (QED) is 0.266. The minimum atomic E-state index is -0.679. The number of carbonyl (C=O) groups excluding carboxylic acids is 1. The molecule has 10 heteroatoms. The number of nitrogens with zero attached hydrogens (tertiary/aromatic N) is 3. The number of halogens is 1. The second-order valence-electron chi connectivity index (χ2n) is 4.69. The smallest absolute Gasteiger partial charge is 0.401 e. The Morgan fingerprint density at radius 3 is 2.76 bits per heavy atom. The van der Waals surface area contributed by atoms with Gasteiger partial charge in [-0.15, -0.1) is 0 Å². The summed E-state index contributed by atoms with van der Waals surface area (Å²) in [7, 11) is 0. The first-order valence-electron chi connectivity index (χ1n) is 6.76. The summed E-state index contributed by atoms with van der Waals surface area (Å²) in [5.74, 6) is -1.29. The van der Waals surface area contributed by atoms with E-state index in [0.717, 1.165) is 16.8 Å². The van der Waals surface area contributed by atoms with Crippen LogP contribution in [0.25, 0.3) is 6.08 Å². The van der Waals surface area contributed by atoms with Crippen molar-refractivity contribution in [3.63, 3.8) is 0 Å². The third-order valence-corrected chi connectivity index (χ3v) is 4.34. The van der Waals surface area contributed by atoms with Crippen LogP contribution in [0.4, 0.5) is 10.3 Å². The highest BCUT2D eigenvalue weighted by Crippen LogP contribution is 2.33. The van der Waals surface area contributed by atoms with Gasteiger partial charge in [-0.25, -0.2) is 4.39 Å². The summed E-state index contributed by atoms with van der Waals surface area (Å²) in [5.41, 5.74) is 0.210. The van der Waals surface area contributed by atoms with Gasteiger partial charge >= 0.3 is 5.88 Å². The van der Waals surface area contributed by atoms with Crippen molar-refractivity contribution in [2.75, 3.05) is 0 Å². The molecule has 126 valence electrons. The van der Waals surface area contributed by atoms with Crippen LogP contribution in [-0.2, 0) is 4.79 Å². The predicted molar refractivity (Wildman–Crippen MR) is 94.4 cm³/mol. The third-order valence-electron chi connectivity index (χ3n) is 3.06. The first kappa shape index (κ1) is 17.0. The molecule has 0 saturated carbocycles. The van der Waals surface area contributed by atoms with E-state index in [2.05, 4.69) is 5.10 Å². The van der Waals surface area contributed by atoms with Crippen molar-refractivity contribution in [2.24, 2.45) is 5.10 Å². The minimum absolute atomic E-state index is 0.144. The van der Waals surface area contributed by atoms with Crippen molar-refractivity contribution >= 4 is 52.4 Å². The average molecular weight is 377 g/mol. The average Bonchev–Trinajstić information content (AvgIpc) is 3.14. The van der Waals surface area contributed by atoms with E-state index in [4.69, 9.17) is 16.6 Å². The molecule has 1 aliphatic rings. The number of carbonyl (C=O) groups is 1. The summed E-state index contributed by atoms with van der Waals surface area (Å²) in [6.07, 6.45) is 2.53. The van der Waals surface area contributed by atoms with Gasteiger partial charge in [-0.2, -0.15) is 10.1 Å². The maximum absolute atomic E-state index is 13.6. The van der Waals surface area contributed by atoms with Gasteiger partial charge in [0, 0.05) is 11.6 Å². The van der Waals surface area contributed by atoms with E-state index in [1.807, 2.05) is 0 Å². The first-order chi connectivity index (χ1) is 12.0. The first-order valence-corrected chi connectivity index (χ1v) is 7.99. The zero-order valence-corrected chi connectivity index (χ0v) is 13.9. The van der Waals surface area contributed by atoms with Crippen LogP contribution in [0.1, 0.15) is 11.3 Å². The van der Waals surface area contributed by atoms with Crippen LogP contribution in [0.3, 0.4) is 0 Å². The second-order valence-corrected chi connectivity index (χ2v) is 6.37. The second kappa shape index (κ2) is 6.95. The minimum Gasteiger partial charge on any atom is -0.401 e. The molecule has 1 saturated heterocycles. The Kier molecular flexibility index (Phi) is 4.72. The Labute approximate surface area is 149 Å². The number of hydrazone groups is 1. The summed E-state index contributed by atoms with van der Waals surface area (Å²) in [6, 6.07) is 8.51. The van der Waals surface area contributed by atoms with Gasteiger partial charge < -0.3 is 4.42 Å². The van der Waals surface area contributed by atoms with Crippen LogP contribution in [0.15, 0.2) is 50.8 Å². The summed E-state index contributed by atoms with van der Waals surface area (Å²) < 4.78 is 18.7. The molecule has 25 heavy (non-hydrogen) atoms. The standard InChI is InChI=1S/C15H8FN3O4S2/c16-11-4-2-1-3-9(11)8-17-18-14(20)12(25-15(18)24)7-10-5-6-13(23-10)19(21)22/h1-8H/b12-7+,17-8+. The Morgan fingerprint density at radius 1 is 1.32 bits per heavy atom. The number of furan rings is 1. The van der Waals surface area contributed by atoms with Crippen molar-refractivity contribution in [1.82, 2.24) is 5.01 Å². The third kappa shape index (κ3) is 3.64. The Bertz CT molecular complexity index is 938. The summed E-state index contributed by atoms with van der Waals surface area (Å²) in [5, 5.41) is 15.5.